The van der Waals surface area contributed by atoms with Crippen molar-refractivity contribution in [2.24, 2.45) is 0 Å². The lowest BCUT2D eigenvalue weighted by Gasteiger charge is -2.20. The monoisotopic (exact) mass is 268 g/mol. The largest absolute Gasteiger partial charge is 0.481 e. The Bertz CT molecular complexity index is 595. The molecular formula is C17H20N2O. The molecule has 104 valence electrons. The molecular weight excluding hydrogens is 248 g/mol. The fraction of sp³-hybridized carbons (Fsp3) is 0.353. The van der Waals surface area contributed by atoms with Gasteiger partial charge in [0.15, 0.2) is 0 Å². The van der Waals surface area contributed by atoms with Crippen LogP contribution in [-0.4, -0.2) is 12.1 Å². The number of aromatic nitrogens is 1. The Labute approximate surface area is 120 Å². The minimum atomic E-state index is 0.666. The van der Waals surface area contributed by atoms with Crippen molar-refractivity contribution in [3.63, 3.8) is 0 Å². The summed E-state index contributed by atoms with van der Waals surface area (Å²) < 4.78 is 5.16. The summed E-state index contributed by atoms with van der Waals surface area (Å²) >= 11 is 0. The first-order chi connectivity index (χ1) is 9.86. The van der Waals surface area contributed by atoms with E-state index >= 15 is 0 Å². The van der Waals surface area contributed by atoms with E-state index in [9.17, 15) is 0 Å². The van der Waals surface area contributed by atoms with E-state index in [1.807, 2.05) is 18.2 Å². The third-order valence-electron chi connectivity index (χ3n) is 3.85. The number of pyridine rings is 1. The highest BCUT2D eigenvalue weighted by Gasteiger charge is 2.12. The lowest BCUT2D eigenvalue weighted by molar-refractivity contribution is 0.396. The first kappa shape index (κ1) is 13.0. The van der Waals surface area contributed by atoms with Crippen LogP contribution in [-0.2, 0) is 19.4 Å². The highest BCUT2D eigenvalue weighted by atomic mass is 16.5. The van der Waals surface area contributed by atoms with Gasteiger partial charge in [0.05, 0.1) is 19.3 Å². The van der Waals surface area contributed by atoms with Gasteiger partial charge in [-0.2, -0.15) is 0 Å². The van der Waals surface area contributed by atoms with Crippen LogP contribution in [0, 0.1) is 0 Å². The lowest BCUT2D eigenvalue weighted by atomic mass is 9.90. The van der Waals surface area contributed by atoms with E-state index in [0.717, 1.165) is 12.2 Å². The molecule has 2 aromatic rings. The Balaban J connectivity index is 1.75. The maximum Gasteiger partial charge on any atom is 0.213 e. The molecule has 0 saturated heterocycles. The second-order valence-corrected chi connectivity index (χ2v) is 5.18. The summed E-state index contributed by atoms with van der Waals surface area (Å²) in [4.78, 5) is 4.43. The molecule has 0 fully saturated rings. The Hall–Kier alpha value is -2.03. The average molecular weight is 268 g/mol. The predicted octanol–water partition coefficient (Wildman–Crippen LogP) is 3.58. The van der Waals surface area contributed by atoms with Crippen LogP contribution in [0.5, 0.6) is 5.88 Å². The topological polar surface area (TPSA) is 34.1 Å². The second kappa shape index (κ2) is 5.95. The molecule has 1 N–H and O–H groups in total. The number of ether oxygens (including phenoxy) is 1. The van der Waals surface area contributed by atoms with Crippen LogP contribution < -0.4 is 10.1 Å². The summed E-state index contributed by atoms with van der Waals surface area (Å²) in [5, 5.41) is 3.52. The molecule has 0 atom stereocenters. The summed E-state index contributed by atoms with van der Waals surface area (Å²) in [5.74, 6) is 0.666. The minimum absolute atomic E-state index is 0.666. The first-order valence-electron chi connectivity index (χ1n) is 7.21. The number of fused-ring (bicyclic) bond motifs is 1. The highest BCUT2D eigenvalue weighted by Crippen LogP contribution is 2.28. The standard InChI is InChI=1S/C17H20N2O/c1-20-17-11-5-8-14(19-17)12-18-16-10-4-7-13-6-2-3-9-15(13)16/h4-5,7-8,10-11,18H,2-3,6,9,12H2,1H3. The number of hydrogen-bond acceptors (Lipinski definition) is 3. The van der Waals surface area contributed by atoms with Gasteiger partial charge in [-0.25, -0.2) is 4.98 Å². The van der Waals surface area contributed by atoms with Crippen molar-refractivity contribution in [3.8, 4) is 5.88 Å². The molecule has 0 bridgehead atoms. The molecule has 0 spiro atoms. The number of rotatable bonds is 4. The summed E-state index contributed by atoms with van der Waals surface area (Å²) in [7, 11) is 1.65. The molecule has 0 saturated carbocycles. The highest BCUT2D eigenvalue weighted by molar-refractivity contribution is 5.55. The van der Waals surface area contributed by atoms with E-state index < -0.39 is 0 Å². The Morgan fingerprint density at radius 1 is 1.10 bits per heavy atom. The van der Waals surface area contributed by atoms with Crippen LogP contribution in [0.2, 0.25) is 0 Å². The van der Waals surface area contributed by atoms with Gasteiger partial charge in [0.2, 0.25) is 5.88 Å². The van der Waals surface area contributed by atoms with E-state index in [0.29, 0.717) is 5.88 Å². The zero-order valence-electron chi connectivity index (χ0n) is 11.9. The Morgan fingerprint density at radius 2 is 1.95 bits per heavy atom. The maximum atomic E-state index is 5.16. The van der Waals surface area contributed by atoms with E-state index in [1.165, 1.54) is 42.5 Å². The van der Waals surface area contributed by atoms with Crippen LogP contribution in [0.25, 0.3) is 0 Å². The fourth-order valence-corrected chi connectivity index (χ4v) is 2.80. The van der Waals surface area contributed by atoms with Crippen LogP contribution in [0.4, 0.5) is 5.69 Å². The molecule has 20 heavy (non-hydrogen) atoms. The molecule has 1 aliphatic carbocycles. The minimum Gasteiger partial charge on any atom is -0.481 e. The number of hydrogen-bond donors (Lipinski definition) is 1. The van der Waals surface area contributed by atoms with Gasteiger partial charge in [-0.15, -0.1) is 0 Å². The van der Waals surface area contributed by atoms with Gasteiger partial charge in [0.25, 0.3) is 0 Å². The van der Waals surface area contributed by atoms with E-state index in [1.54, 1.807) is 7.11 Å². The number of aryl methyl sites for hydroxylation is 1. The van der Waals surface area contributed by atoms with Crippen molar-refractivity contribution < 1.29 is 4.74 Å². The van der Waals surface area contributed by atoms with Crippen molar-refractivity contribution in [1.82, 2.24) is 4.98 Å². The van der Waals surface area contributed by atoms with Crippen LogP contribution in [0.15, 0.2) is 36.4 Å². The van der Waals surface area contributed by atoms with Crippen LogP contribution in [0.3, 0.4) is 0 Å². The van der Waals surface area contributed by atoms with Crippen molar-refractivity contribution in [2.45, 2.75) is 32.2 Å². The van der Waals surface area contributed by atoms with E-state index in [-0.39, 0.29) is 0 Å². The molecule has 1 aliphatic rings. The first-order valence-corrected chi connectivity index (χ1v) is 7.21. The van der Waals surface area contributed by atoms with E-state index in [4.69, 9.17) is 4.74 Å². The third kappa shape index (κ3) is 2.77. The van der Waals surface area contributed by atoms with Gasteiger partial charge < -0.3 is 10.1 Å². The number of benzene rings is 1. The smallest absolute Gasteiger partial charge is 0.213 e. The van der Waals surface area contributed by atoms with Crippen LogP contribution >= 0.6 is 0 Å². The summed E-state index contributed by atoms with van der Waals surface area (Å²) in [6.45, 7) is 0.730. The normalized spacial score (nSPS) is 13.7. The average Bonchev–Trinajstić information content (AvgIpc) is 2.53. The molecule has 0 amide bonds. The molecule has 3 nitrogen and oxygen atoms in total. The second-order valence-electron chi connectivity index (χ2n) is 5.18. The molecule has 1 aromatic heterocycles. The number of methoxy groups -OCH3 is 1. The maximum absolute atomic E-state index is 5.16. The molecule has 1 aromatic carbocycles. The van der Waals surface area contributed by atoms with Gasteiger partial charge in [0.1, 0.15) is 0 Å². The number of nitrogens with zero attached hydrogens (tertiary/aromatic N) is 1. The Morgan fingerprint density at radius 3 is 2.85 bits per heavy atom. The summed E-state index contributed by atoms with van der Waals surface area (Å²) in [5.41, 5.74) is 5.24. The summed E-state index contributed by atoms with van der Waals surface area (Å²) in [6.07, 6.45) is 5.00. The molecule has 3 rings (SSSR count). The molecule has 0 radical (unpaired) electrons. The molecule has 1 heterocycles. The molecule has 3 heteroatoms. The predicted molar refractivity (Wildman–Crippen MR) is 81.2 cm³/mol. The molecule has 0 aliphatic heterocycles. The SMILES string of the molecule is COc1cccc(CNc2cccc3c2CCCC3)n1. The van der Waals surface area contributed by atoms with Gasteiger partial charge in [0, 0.05) is 11.8 Å². The zero-order chi connectivity index (χ0) is 13.8. The van der Waals surface area contributed by atoms with Gasteiger partial charge in [-0.1, -0.05) is 18.2 Å². The Kier molecular flexibility index (Phi) is 3.86. The van der Waals surface area contributed by atoms with Crippen molar-refractivity contribution >= 4 is 5.69 Å². The lowest BCUT2D eigenvalue weighted by Crippen LogP contribution is -2.09. The van der Waals surface area contributed by atoms with Crippen molar-refractivity contribution in [3.05, 3.63) is 53.2 Å². The summed E-state index contributed by atoms with van der Waals surface area (Å²) in [6, 6.07) is 12.4. The number of anilines is 1. The fourth-order valence-electron chi connectivity index (χ4n) is 2.80. The van der Waals surface area contributed by atoms with Crippen molar-refractivity contribution in [1.29, 1.82) is 0 Å². The van der Waals surface area contributed by atoms with Gasteiger partial charge >= 0.3 is 0 Å². The quantitative estimate of drug-likeness (QED) is 0.920. The van der Waals surface area contributed by atoms with Crippen molar-refractivity contribution in [2.75, 3.05) is 12.4 Å². The van der Waals surface area contributed by atoms with Gasteiger partial charge in [-0.3, -0.25) is 0 Å². The zero-order valence-corrected chi connectivity index (χ0v) is 11.9. The van der Waals surface area contributed by atoms with Gasteiger partial charge in [-0.05, 0) is 48.9 Å². The van der Waals surface area contributed by atoms with Crippen LogP contribution in [0.1, 0.15) is 29.7 Å². The third-order valence-corrected chi connectivity index (χ3v) is 3.85. The molecule has 0 unspecified atom stereocenters. The number of nitrogens with one attached hydrogen (secondary N) is 1. The van der Waals surface area contributed by atoms with E-state index in [2.05, 4.69) is 28.5 Å².